The second-order valence-corrected chi connectivity index (χ2v) is 6.76. The van der Waals surface area contributed by atoms with E-state index in [1.807, 2.05) is 52.0 Å². The fraction of sp³-hybridized carbons (Fsp3) is 0.500. The van der Waals surface area contributed by atoms with Gasteiger partial charge in [0.05, 0.1) is 17.7 Å². The summed E-state index contributed by atoms with van der Waals surface area (Å²) in [4.78, 5) is 12.1. The number of carbonyl (C=O) groups excluding carboxylic acids is 1. The summed E-state index contributed by atoms with van der Waals surface area (Å²) in [5.74, 6) is 1.49. The van der Waals surface area contributed by atoms with Crippen LogP contribution >= 0.6 is 12.4 Å². The second-order valence-electron chi connectivity index (χ2n) is 6.76. The third-order valence-corrected chi connectivity index (χ3v) is 4.90. The topological polar surface area (TPSA) is 90.4 Å². The van der Waals surface area contributed by atoms with Gasteiger partial charge in [-0.1, -0.05) is 31.1 Å². The molecule has 0 saturated heterocycles. The van der Waals surface area contributed by atoms with Crippen molar-refractivity contribution in [1.29, 1.82) is 0 Å². The number of aryl methyl sites for hydroxylation is 2. The van der Waals surface area contributed by atoms with E-state index in [0.717, 1.165) is 41.2 Å². The van der Waals surface area contributed by atoms with Crippen molar-refractivity contribution in [1.82, 2.24) is 10.5 Å². The molecule has 7 heteroatoms. The van der Waals surface area contributed by atoms with Crippen molar-refractivity contribution in [3.05, 3.63) is 46.8 Å². The number of benzene rings is 1. The molecule has 0 atom stereocenters. The first-order valence-corrected chi connectivity index (χ1v) is 9.06. The third kappa shape index (κ3) is 6.56. The molecule has 0 bridgehead atoms. The molecule has 0 spiro atoms. The summed E-state index contributed by atoms with van der Waals surface area (Å²) in [5.41, 5.74) is 8.62. The van der Waals surface area contributed by atoms with E-state index in [1.165, 1.54) is 0 Å². The number of carbonyl (C=O) groups is 1. The Balaban J connectivity index is 0.00000364. The van der Waals surface area contributed by atoms with Crippen LogP contribution in [0.5, 0.6) is 5.75 Å². The monoisotopic (exact) mass is 395 g/mol. The Labute approximate surface area is 167 Å². The fourth-order valence-electron chi connectivity index (χ4n) is 2.59. The number of aromatic nitrogens is 1. The van der Waals surface area contributed by atoms with Crippen LogP contribution in [0.4, 0.5) is 0 Å². The van der Waals surface area contributed by atoms with Gasteiger partial charge >= 0.3 is 0 Å². The highest BCUT2D eigenvalue weighted by molar-refractivity contribution is 5.85. The summed E-state index contributed by atoms with van der Waals surface area (Å²) in [6.45, 7) is 8.75. The van der Waals surface area contributed by atoms with Gasteiger partial charge in [0.2, 0.25) is 5.91 Å². The second kappa shape index (κ2) is 10.3. The Morgan fingerprint density at radius 2 is 1.85 bits per heavy atom. The molecule has 0 radical (unpaired) electrons. The molecule has 27 heavy (non-hydrogen) atoms. The lowest BCUT2D eigenvalue weighted by atomic mass is 9.94. The highest BCUT2D eigenvalue weighted by atomic mass is 35.5. The molecule has 1 aromatic heterocycles. The number of ether oxygens (including phenoxy) is 1. The van der Waals surface area contributed by atoms with Crippen molar-refractivity contribution < 1.29 is 14.1 Å². The largest absolute Gasteiger partial charge is 0.489 e. The Morgan fingerprint density at radius 3 is 2.37 bits per heavy atom. The maximum atomic E-state index is 12.1. The van der Waals surface area contributed by atoms with Gasteiger partial charge in [0.1, 0.15) is 18.1 Å². The highest BCUT2D eigenvalue weighted by Crippen LogP contribution is 2.18. The molecule has 0 aliphatic rings. The van der Waals surface area contributed by atoms with Crippen molar-refractivity contribution in [2.45, 2.75) is 59.1 Å². The van der Waals surface area contributed by atoms with Crippen LogP contribution in [-0.2, 0) is 17.8 Å². The zero-order valence-electron chi connectivity index (χ0n) is 16.5. The Hall–Kier alpha value is -2.05. The fourth-order valence-corrected chi connectivity index (χ4v) is 2.59. The van der Waals surface area contributed by atoms with Crippen LogP contribution in [0.25, 0.3) is 0 Å². The van der Waals surface area contributed by atoms with Crippen LogP contribution in [0.3, 0.4) is 0 Å². The van der Waals surface area contributed by atoms with Crippen LogP contribution in [0, 0.1) is 13.8 Å². The van der Waals surface area contributed by atoms with Gasteiger partial charge in [-0.3, -0.25) is 4.79 Å². The molecule has 1 aromatic carbocycles. The zero-order chi connectivity index (χ0) is 19.2. The Kier molecular flexibility index (Phi) is 8.79. The van der Waals surface area contributed by atoms with E-state index in [2.05, 4.69) is 10.5 Å². The predicted octanol–water partition coefficient (Wildman–Crippen LogP) is 3.47. The molecule has 3 N–H and O–H groups in total. The lowest BCUT2D eigenvalue weighted by Gasteiger charge is -2.26. The average molecular weight is 396 g/mol. The third-order valence-electron chi connectivity index (χ3n) is 4.90. The molecule has 1 heterocycles. The number of nitrogens with two attached hydrogens (primary N) is 1. The van der Waals surface area contributed by atoms with E-state index in [9.17, 15) is 4.79 Å². The standard InChI is InChI=1S/C20H29N3O3.ClH/c1-5-20(21,6-2)13-22-19(24)11-16-7-9-17(10-8-16)25-12-18-14(3)23-26-15(18)4;/h7-10H,5-6,11-13,21H2,1-4H3,(H,22,24);1H. The van der Waals surface area contributed by atoms with Crippen molar-refractivity contribution in [3.63, 3.8) is 0 Å². The molecular formula is C20H30ClN3O3. The van der Waals surface area contributed by atoms with Crippen LogP contribution in [0.1, 0.15) is 49.3 Å². The summed E-state index contributed by atoms with van der Waals surface area (Å²) in [5, 5.41) is 6.85. The number of rotatable bonds is 9. The number of hydrogen-bond donors (Lipinski definition) is 2. The molecule has 150 valence electrons. The van der Waals surface area contributed by atoms with E-state index in [1.54, 1.807) is 0 Å². The molecule has 2 aromatic rings. The van der Waals surface area contributed by atoms with Crippen molar-refractivity contribution in [3.8, 4) is 5.75 Å². The van der Waals surface area contributed by atoms with E-state index >= 15 is 0 Å². The molecule has 0 saturated carbocycles. The molecule has 1 amide bonds. The molecule has 0 fully saturated rings. The van der Waals surface area contributed by atoms with Gasteiger partial charge in [0, 0.05) is 12.1 Å². The van der Waals surface area contributed by atoms with Gasteiger partial charge in [-0.25, -0.2) is 0 Å². The van der Waals surface area contributed by atoms with Crippen molar-refractivity contribution >= 4 is 18.3 Å². The lowest BCUT2D eigenvalue weighted by molar-refractivity contribution is -0.120. The minimum absolute atomic E-state index is 0. The van der Waals surface area contributed by atoms with Crippen molar-refractivity contribution in [2.75, 3.05) is 6.54 Å². The maximum absolute atomic E-state index is 12.1. The number of nitrogens with zero attached hydrogens (tertiary/aromatic N) is 1. The molecule has 2 rings (SSSR count). The Bertz CT molecular complexity index is 705. The van der Waals surface area contributed by atoms with Gasteiger partial charge in [0.25, 0.3) is 0 Å². The van der Waals surface area contributed by atoms with E-state index in [0.29, 0.717) is 19.6 Å². The molecule has 0 aliphatic carbocycles. The first kappa shape index (κ1) is 23.0. The molecule has 0 unspecified atom stereocenters. The van der Waals surface area contributed by atoms with E-state index < -0.39 is 0 Å². The van der Waals surface area contributed by atoms with Crippen LogP contribution in [0.15, 0.2) is 28.8 Å². The SMILES string of the molecule is CCC(N)(CC)CNC(=O)Cc1ccc(OCc2c(C)noc2C)cc1.Cl. The Morgan fingerprint density at radius 1 is 1.22 bits per heavy atom. The van der Waals surface area contributed by atoms with Gasteiger partial charge in [-0.15, -0.1) is 12.4 Å². The first-order valence-electron chi connectivity index (χ1n) is 9.06. The minimum Gasteiger partial charge on any atom is -0.489 e. The summed E-state index contributed by atoms with van der Waals surface area (Å²) < 4.78 is 10.9. The number of halogens is 1. The molecular weight excluding hydrogens is 366 g/mol. The number of amides is 1. The normalized spacial score (nSPS) is 11.0. The van der Waals surface area contributed by atoms with Gasteiger partial charge in [-0.05, 0) is 44.4 Å². The summed E-state index contributed by atoms with van der Waals surface area (Å²) in [6.07, 6.45) is 2.00. The number of hydrogen-bond acceptors (Lipinski definition) is 5. The van der Waals surface area contributed by atoms with Crippen LogP contribution < -0.4 is 15.8 Å². The van der Waals surface area contributed by atoms with Gasteiger partial charge in [-0.2, -0.15) is 0 Å². The maximum Gasteiger partial charge on any atom is 0.224 e. The minimum atomic E-state index is -0.328. The van der Waals surface area contributed by atoms with Gasteiger partial charge in [0.15, 0.2) is 0 Å². The number of nitrogens with one attached hydrogen (secondary N) is 1. The van der Waals surface area contributed by atoms with Crippen LogP contribution in [0.2, 0.25) is 0 Å². The first-order chi connectivity index (χ1) is 12.4. The quantitative estimate of drug-likeness (QED) is 0.678. The average Bonchev–Trinajstić information content (AvgIpc) is 2.97. The van der Waals surface area contributed by atoms with E-state index in [-0.39, 0.29) is 23.9 Å². The van der Waals surface area contributed by atoms with E-state index in [4.69, 9.17) is 15.0 Å². The summed E-state index contributed by atoms with van der Waals surface area (Å²) in [7, 11) is 0. The summed E-state index contributed by atoms with van der Waals surface area (Å²) in [6, 6.07) is 7.54. The molecule has 0 aliphatic heterocycles. The predicted molar refractivity (Wildman–Crippen MR) is 108 cm³/mol. The smallest absolute Gasteiger partial charge is 0.224 e. The summed E-state index contributed by atoms with van der Waals surface area (Å²) >= 11 is 0. The lowest BCUT2D eigenvalue weighted by Crippen LogP contribution is -2.49. The zero-order valence-corrected chi connectivity index (χ0v) is 17.3. The van der Waals surface area contributed by atoms with Crippen LogP contribution in [-0.4, -0.2) is 23.1 Å². The molecule has 6 nitrogen and oxygen atoms in total. The highest BCUT2D eigenvalue weighted by Gasteiger charge is 2.20. The van der Waals surface area contributed by atoms with Crippen molar-refractivity contribution in [2.24, 2.45) is 5.73 Å². The van der Waals surface area contributed by atoms with Gasteiger partial charge < -0.3 is 20.3 Å².